The standard InChI is InChI=1S/C17H15ClO2S/c18-15-6-8-17(9-7-15)21-12-11-20-16-5-1-3-14(13-16)4-2-10-19/h1,3,5-9,13,19H,10-12H2. The van der Waals surface area contributed by atoms with E-state index in [-0.39, 0.29) is 6.61 Å². The molecule has 0 aromatic heterocycles. The van der Waals surface area contributed by atoms with Crippen molar-refractivity contribution in [3.05, 3.63) is 59.1 Å². The Balaban J connectivity index is 1.79. The van der Waals surface area contributed by atoms with Gasteiger partial charge in [0.05, 0.1) is 6.61 Å². The van der Waals surface area contributed by atoms with Crippen LogP contribution in [-0.2, 0) is 0 Å². The molecule has 0 aliphatic rings. The molecule has 0 fully saturated rings. The van der Waals surface area contributed by atoms with Crippen molar-refractivity contribution in [2.45, 2.75) is 4.90 Å². The van der Waals surface area contributed by atoms with Crippen LogP contribution in [0.5, 0.6) is 5.75 Å². The fourth-order valence-electron chi connectivity index (χ4n) is 1.66. The van der Waals surface area contributed by atoms with Crippen molar-refractivity contribution in [1.82, 2.24) is 0 Å². The van der Waals surface area contributed by atoms with E-state index in [0.29, 0.717) is 6.61 Å². The molecule has 4 heteroatoms. The van der Waals surface area contributed by atoms with Gasteiger partial charge in [-0.1, -0.05) is 29.5 Å². The van der Waals surface area contributed by atoms with E-state index in [1.165, 1.54) is 4.90 Å². The van der Waals surface area contributed by atoms with Gasteiger partial charge in [-0.15, -0.1) is 11.8 Å². The highest BCUT2D eigenvalue weighted by Gasteiger charge is 1.97. The summed E-state index contributed by atoms with van der Waals surface area (Å²) in [5.74, 6) is 7.12. The van der Waals surface area contributed by atoms with Gasteiger partial charge < -0.3 is 9.84 Å². The first kappa shape index (κ1) is 15.8. The van der Waals surface area contributed by atoms with Gasteiger partial charge in [0.1, 0.15) is 12.4 Å². The number of aliphatic hydroxyl groups excluding tert-OH is 1. The van der Waals surface area contributed by atoms with Crippen molar-refractivity contribution in [1.29, 1.82) is 0 Å². The lowest BCUT2D eigenvalue weighted by molar-refractivity contribution is 0.344. The lowest BCUT2D eigenvalue weighted by Crippen LogP contribution is -2.00. The van der Waals surface area contributed by atoms with Gasteiger partial charge in [0.25, 0.3) is 0 Å². The molecule has 21 heavy (non-hydrogen) atoms. The Kier molecular flexibility index (Phi) is 6.49. The molecule has 0 heterocycles. The van der Waals surface area contributed by atoms with Gasteiger partial charge in [0, 0.05) is 21.2 Å². The predicted molar refractivity (Wildman–Crippen MR) is 88.1 cm³/mol. The van der Waals surface area contributed by atoms with Crippen molar-refractivity contribution in [3.63, 3.8) is 0 Å². The monoisotopic (exact) mass is 318 g/mol. The molecule has 0 radical (unpaired) electrons. The van der Waals surface area contributed by atoms with Gasteiger partial charge >= 0.3 is 0 Å². The van der Waals surface area contributed by atoms with Gasteiger partial charge in [-0.05, 0) is 42.5 Å². The van der Waals surface area contributed by atoms with Crippen LogP contribution in [0.25, 0.3) is 0 Å². The quantitative estimate of drug-likeness (QED) is 0.516. The fourth-order valence-corrected chi connectivity index (χ4v) is 2.51. The molecule has 2 rings (SSSR count). The number of hydrogen-bond acceptors (Lipinski definition) is 3. The second kappa shape index (κ2) is 8.63. The molecule has 0 bridgehead atoms. The first-order valence-corrected chi connectivity index (χ1v) is 7.85. The Labute approximate surface area is 134 Å². The summed E-state index contributed by atoms with van der Waals surface area (Å²) in [5, 5.41) is 9.43. The number of ether oxygens (including phenoxy) is 1. The summed E-state index contributed by atoms with van der Waals surface area (Å²) >= 11 is 7.57. The van der Waals surface area contributed by atoms with E-state index in [1.807, 2.05) is 48.5 Å². The molecule has 2 nitrogen and oxygen atoms in total. The largest absolute Gasteiger partial charge is 0.493 e. The molecule has 0 saturated carbocycles. The van der Waals surface area contributed by atoms with Crippen LogP contribution in [0.15, 0.2) is 53.4 Å². The van der Waals surface area contributed by atoms with Crippen LogP contribution < -0.4 is 4.74 Å². The zero-order valence-electron chi connectivity index (χ0n) is 11.4. The van der Waals surface area contributed by atoms with E-state index in [2.05, 4.69) is 11.8 Å². The molecule has 2 aromatic rings. The molecule has 0 aliphatic carbocycles. The summed E-state index contributed by atoms with van der Waals surface area (Å²) in [6.45, 7) is 0.479. The minimum absolute atomic E-state index is 0.136. The van der Waals surface area contributed by atoms with Crippen LogP contribution in [0.2, 0.25) is 5.02 Å². The van der Waals surface area contributed by atoms with Crippen molar-refractivity contribution >= 4 is 23.4 Å². The number of rotatable bonds is 5. The average Bonchev–Trinajstić information content (AvgIpc) is 2.52. The summed E-state index contributed by atoms with van der Waals surface area (Å²) in [4.78, 5) is 1.17. The smallest absolute Gasteiger partial charge is 0.120 e. The highest BCUT2D eigenvalue weighted by atomic mass is 35.5. The van der Waals surface area contributed by atoms with Crippen LogP contribution in [0, 0.1) is 11.8 Å². The van der Waals surface area contributed by atoms with Gasteiger partial charge in [0.2, 0.25) is 0 Å². The van der Waals surface area contributed by atoms with Gasteiger partial charge in [0.15, 0.2) is 0 Å². The Bertz CT molecular complexity index is 629. The maximum absolute atomic E-state index is 8.68. The summed E-state index contributed by atoms with van der Waals surface area (Å²) in [6.07, 6.45) is 0. The molecule has 1 N–H and O–H groups in total. The number of halogens is 1. The molecule has 0 saturated heterocycles. The SMILES string of the molecule is OCC#Cc1cccc(OCCSc2ccc(Cl)cc2)c1. The van der Waals surface area contributed by atoms with E-state index in [1.54, 1.807) is 11.8 Å². The second-order valence-electron chi connectivity index (χ2n) is 4.14. The first-order valence-electron chi connectivity index (χ1n) is 6.49. The normalized spacial score (nSPS) is 9.81. The zero-order chi connectivity index (χ0) is 14.9. The molecular weight excluding hydrogens is 304 g/mol. The van der Waals surface area contributed by atoms with Crippen molar-refractivity contribution in [3.8, 4) is 17.6 Å². The first-order chi connectivity index (χ1) is 10.3. The third-order valence-electron chi connectivity index (χ3n) is 2.58. The van der Waals surface area contributed by atoms with Gasteiger partial charge in [-0.25, -0.2) is 0 Å². The summed E-state index contributed by atoms with van der Waals surface area (Å²) < 4.78 is 5.69. The molecule has 0 amide bonds. The summed E-state index contributed by atoms with van der Waals surface area (Å²) in [7, 11) is 0. The van der Waals surface area contributed by atoms with Crippen LogP contribution in [-0.4, -0.2) is 24.1 Å². The molecule has 0 aliphatic heterocycles. The topological polar surface area (TPSA) is 29.5 Å². The lowest BCUT2D eigenvalue weighted by atomic mass is 10.2. The van der Waals surface area contributed by atoms with E-state index in [9.17, 15) is 0 Å². The van der Waals surface area contributed by atoms with Crippen LogP contribution in [0.3, 0.4) is 0 Å². The van der Waals surface area contributed by atoms with Crippen LogP contribution in [0.4, 0.5) is 0 Å². The third kappa shape index (κ3) is 5.73. The van der Waals surface area contributed by atoms with Crippen LogP contribution >= 0.6 is 23.4 Å². The maximum atomic E-state index is 8.68. The summed E-state index contributed by atoms with van der Waals surface area (Å²) in [5.41, 5.74) is 0.840. The van der Waals surface area contributed by atoms with Gasteiger partial charge in [-0.2, -0.15) is 0 Å². The second-order valence-corrected chi connectivity index (χ2v) is 5.74. The molecule has 2 aromatic carbocycles. The maximum Gasteiger partial charge on any atom is 0.120 e. The molecule has 108 valence electrons. The van der Waals surface area contributed by atoms with Crippen molar-refractivity contribution in [2.24, 2.45) is 0 Å². The van der Waals surface area contributed by atoms with Gasteiger partial charge in [-0.3, -0.25) is 0 Å². The Morgan fingerprint density at radius 2 is 1.95 bits per heavy atom. The van der Waals surface area contributed by atoms with E-state index in [0.717, 1.165) is 22.1 Å². The van der Waals surface area contributed by atoms with Crippen molar-refractivity contribution < 1.29 is 9.84 Å². The highest BCUT2D eigenvalue weighted by Crippen LogP contribution is 2.20. The number of aliphatic hydroxyl groups is 1. The van der Waals surface area contributed by atoms with Crippen LogP contribution in [0.1, 0.15) is 5.56 Å². The zero-order valence-corrected chi connectivity index (χ0v) is 13.0. The van der Waals surface area contributed by atoms with Crippen molar-refractivity contribution in [2.75, 3.05) is 19.0 Å². The average molecular weight is 319 g/mol. The molecule has 0 atom stereocenters. The third-order valence-corrected chi connectivity index (χ3v) is 3.81. The Morgan fingerprint density at radius 3 is 2.71 bits per heavy atom. The molecular formula is C17H15ClO2S. The Morgan fingerprint density at radius 1 is 1.14 bits per heavy atom. The predicted octanol–water partition coefficient (Wildman–Crippen LogP) is 3.85. The number of benzene rings is 2. The fraction of sp³-hybridized carbons (Fsp3) is 0.176. The molecule has 0 unspecified atom stereocenters. The van der Waals surface area contributed by atoms with E-state index in [4.69, 9.17) is 21.4 Å². The van der Waals surface area contributed by atoms with E-state index < -0.39 is 0 Å². The minimum Gasteiger partial charge on any atom is -0.493 e. The number of hydrogen-bond donors (Lipinski definition) is 1. The lowest BCUT2D eigenvalue weighted by Gasteiger charge is -2.06. The Hall–Kier alpha value is -1.60. The minimum atomic E-state index is -0.136. The molecule has 0 spiro atoms. The number of thioether (sulfide) groups is 1. The summed E-state index contributed by atoms with van der Waals surface area (Å²) in [6, 6.07) is 15.3. The highest BCUT2D eigenvalue weighted by molar-refractivity contribution is 7.99. The van der Waals surface area contributed by atoms with E-state index >= 15 is 0 Å².